The maximum Gasteiger partial charge on any atom is 0.338 e. The number of fused-ring (bicyclic) bond motifs is 1. The number of carbonyl (C=O) groups is 1. The maximum absolute atomic E-state index is 10.6. The molecule has 0 fully saturated rings. The second-order valence-corrected chi connectivity index (χ2v) is 3.61. The minimum atomic E-state index is -1.01. The summed E-state index contributed by atoms with van der Waals surface area (Å²) < 4.78 is 2.23. The number of carboxylic acids is 1. The van der Waals surface area contributed by atoms with Crippen molar-refractivity contribution in [2.45, 2.75) is 6.92 Å². The van der Waals surface area contributed by atoms with E-state index in [1.165, 1.54) is 16.9 Å². The van der Waals surface area contributed by atoms with Crippen LogP contribution in [0.4, 0.5) is 0 Å². The lowest BCUT2D eigenvalue weighted by atomic mass is 10.3. The van der Waals surface area contributed by atoms with E-state index >= 15 is 0 Å². The lowest BCUT2D eigenvalue weighted by molar-refractivity contribution is 0.0695. The Bertz CT molecular complexity index is 521. The van der Waals surface area contributed by atoms with Crippen molar-refractivity contribution in [3.63, 3.8) is 0 Å². The Balaban J connectivity index is 2.73. The van der Waals surface area contributed by atoms with Crippen molar-refractivity contribution < 1.29 is 9.90 Å². The minimum Gasteiger partial charge on any atom is -0.478 e. The van der Waals surface area contributed by atoms with Gasteiger partial charge in [0.05, 0.1) is 15.7 Å². The van der Waals surface area contributed by atoms with E-state index in [9.17, 15) is 4.79 Å². The molecular weight excluding hydrogens is 250 g/mol. The highest BCUT2D eigenvalue weighted by Gasteiger charge is 2.10. The summed E-state index contributed by atoms with van der Waals surface area (Å²) in [6.07, 6.45) is 2.74. The molecule has 0 bridgehead atoms. The molecule has 0 saturated carbocycles. The first-order valence-corrected chi connectivity index (χ1v) is 4.62. The Morgan fingerprint density at radius 2 is 2.36 bits per heavy atom. The van der Waals surface area contributed by atoms with E-state index in [0.29, 0.717) is 5.65 Å². The van der Waals surface area contributed by atoms with Crippen LogP contribution in [0.2, 0.25) is 0 Å². The lowest BCUT2D eigenvalue weighted by Gasteiger charge is -1.94. The standard InChI is InChI=1S/C8H6BrN3O2/c1-4-6(9)7-10-2-5(8(13)14)3-12(7)11-4/h2-3H,1H3,(H,13,14). The Morgan fingerprint density at radius 1 is 1.64 bits per heavy atom. The molecule has 2 aromatic rings. The fourth-order valence-corrected chi connectivity index (χ4v) is 1.49. The van der Waals surface area contributed by atoms with Crippen LogP contribution in [0, 0.1) is 6.92 Å². The van der Waals surface area contributed by atoms with Gasteiger partial charge < -0.3 is 5.11 Å². The van der Waals surface area contributed by atoms with Crippen molar-refractivity contribution in [2.75, 3.05) is 0 Å². The first kappa shape index (κ1) is 9.14. The number of aromatic nitrogens is 3. The maximum atomic E-state index is 10.6. The number of aryl methyl sites for hydroxylation is 1. The summed E-state index contributed by atoms with van der Waals surface area (Å²) in [5.74, 6) is -1.01. The molecule has 0 amide bonds. The summed E-state index contributed by atoms with van der Waals surface area (Å²) in [5, 5.41) is 12.8. The van der Waals surface area contributed by atoms with E-state index in [-0.39, 0.29) is 5.56 Å². The number of halogens is 1. The zero-order chi connectivity index (χ0) is 10.3. The number of aromatic carboxylic acids is 1. The third-order valence-electron chi connectivity index (χ3n) is 1.82. The summed E-state index contributed by atoms with van der Waals surface area (Å²) in [6.45, 7) is 1.82. The summed E-state index contributed by atoms with van der Waals surface area (Å²) >= 11 is 3.32. The quantitative estimate of drug-likeness (QED) is 0.839. The van der Waals surface area contributed by atoms with Gasteiger partial charge in [-0.15, -0.1) is 0 Å². The average molecular weight is 256 g/mol. The SMILES string of the molecule is Cc1nn2cc(C(=O)O)cnc2c1Br. The molecule has 1 N–H and O–H groups in total. The van der Waals surface area contributed by atoms with Gasteiger partial charge in [-0.25, -0.2) is 14.3 Å². The van der Waals surface area contributed by atoms with E-state index in [4.69, 9.17) is 5.11 Å². The van der Waals surface area contributed by atoms with E-state index in [2.05, 4.69) is 26.0 Å². The number of hydrogen-bond donors (Lipinski definition) is 1. The van der Waals surface area contributed by atoms with Gasteiger partial charge in [-0.1, -0.05) is 0 Å². The normalized spacial score (nSPS) is 10.7. The summed E-state index contributed by atoms with van der Waals surface area (Å²) in [6, 6.07) is 0. The average Bonchev–Trinajstić information content (AvgIpc) is 2.42. The molecule has 72 valence electrons. The third kappa shape index (κ3) is 1.27. The van der Waals surface area contributed by atoms with Crippen molar-refractivity contribution in [1.29, 1.82) is 0 Å². The van der Waals surface area contributed by atoms with Crippen LogP contribution in [-0.2, 0) is 0 Å². The fourth-order valence-electron chi connectivity index (χ4n) is 1.13. The van der Waals surface area contributed by atoms with Crippen molar-refractivity contribution >= 4 is 27.5 Å². The molecule has 0 radical (unpaired) electrons. The van der Waals surface area contributed by atoms with E-state index in [1.807, 2.05) is 6.92 Å². The molecule has 0 aromatic carbocycles. The molecule has 0 saturated heterocycles. The number of rotatable bonds is 1. The summed E-state index contributed by atoms with van der Waals surface area (Å²) in [7, 11) is 0. The molecule has 0 aliphatic rings. The topological polar surface area (TPSA) is 67.5 Å². The highest BCUT2D eigenvalue weighted by atomic mass is 79.9. The second-order valence-electron chi connectivity index (χ2n) is 2.82. The van der Waals surface area contributed by atoms with Gasteiger partial charge in [0.2, 0.25) is 0 Å². The zero-order valence-electron chi connectivity index (χ0n) is 7.23. The van der Waals surface area contributed by atoms with Crippen LogP contribution in [0.15, 0.2) is 16.9 Å². The van der Waals surface area contributed by atoms with Crippen LogP contribution < -0.4 is 0 Å². The molecule has 0 aliphatic heterocycles. The van der Waals surface area contributed by atoms with Crippen LogP contribution in [-0.4, -0.2) is 25.7 Å². The molecule has 2 aromatic heterocycles. The molecule has 0 spiro atoms. The van der Waals surface area contributed by atoms with E-state index in [0.717, 1.165) is 10.2 Å². The van der Waals surface area contributed by atoms with Crippen molar-refractivity contribution in [2.24, 2.45) is 0 Å². The van der Waals surface area contributed by atoms with Crippen LogP contribution >= 0.6 is 15.9 Å². The van der Waals surface area contributed by atoms with Gasteiger partial charge in [0.25, 0.3) is 0 Å². The Kier molecular flexibility index (Phi) is 1.99. The van der Waals surface area contributed by atoms with E-state index < -0.39 is 5.97 Å². The molecule has 2 heterocycles. The smallest absolute Gasteiger partial charge is 0.338 e. The fraction of sp³-hybridized carbons (Fsp3) is 0.125. The number of hydrogen-bond acceptors (Lipinski definition) is 3. The first-order valence-electron chi connectivity index (χ1n) is 3.83. The van der Waals surface area contributed by atoms with Gasteiger partial charge in [-0.3, -0.25) is 0 Å². The third-order valence-corrected chi connectivity index (χ3v) is 2.75. The van der Waals surface area contributed by atoms with Crippen LogP contribution in [0.25, 0.3) is 5.65 Å². The van der Waals surface area contributed by atoms with Crippen LogP contribution in [0.5, 0.6) is 0 Å². The number of carboxylic acid groups (broad SMARTS) is 1. The monoisotopic (exact) mass is 255 g/mol. The van der Waals surface area contributed by atoms with Gasteiger partial charge >= 0.3 is 5.97 Å². The van der Waals surface area contributed by atoms with E-state index in [1.54, 1.807) is 0 Å². The Hall–Kier alpha value is -1.43. The van der Waals surface area contributed by atoms with Gasteiger partial charge in [0.15, 0.2) is 5.65 Å². The van der Waals surface area contributed by atoms with Crippen molar-refractivity contribution in [1.82, 2.24) is 14.6 Å². The second kappa shape index (κ2) is 3.06. The highest BCUT2D eigenvalue weighted by molar-refractivity contribution is 9.10. The highest BCUT2D eigenvalue weighted by Crippen LogP contribution is 2.19. The first-order chi connectivity index (χ1) is 6.59. The zero-order valence-corrected chi connectivity index (χ0v) is 8.82. The van der Waals surface area contributed by atoms with Gasteiger partial charge in [-0.05, 0) is 22.9 Å². The molecule has 14 heavy (non-hydrogen) atoms. The molecule has 6 heteroatoms. The van der Waals surface area contributed by atoms with Crippen molar-refractivity contribution in [3.05, 3.63) is 28.1 Å². The van der Waals surface area contributed by atoms with Gasteiger partial charge in [0.1, 0.15) is 0 Å². The molecular formula is C8H6BrN3O2. The summed E-state index contributed by atoms with van der Waals surface area (Å²) in [5.41, 5.74) is 1.51. The van der Waals surface area contributed by atoms with Crippen LogP contribution in [0.1, 0.15) is 16.1 Å². The van der Waals surface area contributed by atoms with Crippen molar-refractivity contribution in [3.8, 4) is 0 Å². The predicted molar refractivity (Wildman–Crippen MR) is 52.4 cm³/mol. The van der Waals surface area contributed by atoms with Crippen LogP contribution in [0.3, 0.4) is 0 Å². The van der Waals surface area contributed by atoms with Gasteiger partial charge in [0, 0.05) is 12.4 Å². The minimum absolute atomic E-state index is 0.118. The largest absolute Gasteiger partial charge is 0.478 e. The Morgan fingerprint density at radius 3 is 3.00 bits per heavy atom. The molecule has 2 rings (SSSR count). The predicted octanol–water partition coefficient (Wildman–Crippen LogP) is 1.50. The molecule has 0 aliphatic carbocycles. The Labute approximate surface area is 87.5 Å². The molecule has 0 atom stereocenters. The molecule has 5 nitrogen and oxygen atoms in total. The summed E-state index contributed by atoms with van der Waals surface area (Å²) in [4.78, 5) is 14.6. The van der Waals surface area contributed by atoms with Gasteiger partial charge in [-0.2, -0.15) is 5.10 Å². The molecule has 0 unspecified atom stereocenters. The lowest BCUT2D eigenvalue weighted by Crippen LogP contribution is -2.01. The number of nitrogens with zero attached hydrogens (tertiary/aromatic N) is 3.